The van der Waals surface area contributed by atoms with E-state index in [1.807, 2.05) is 36.4 Å². The summed E-state index contributed by atoms with van der Waals surface area (Å²) in [4.78, 5) is 0. The van der Waals surface area contributed by atoms with Gasteiger partial charge in [-0.3, -0.25) is 0 Å². The molecule has 3 aromatic carbocycles. The number of hydrogen-bond acceptors (Lipinski definition) is 3. The summed E-state index contributed by atoms with van der Waals surface area (Å²) in [6.07, 6.45) is 0. The van der Waals surface area contributed by atoms with Gasteiger partial charge in [0.2, 0.25) is 0 Å². The highest BCUT2D eigenvalue weighted by atomic mass is 79.9. The Morgan fingerprint density at radius 1 is 0.893 bits per heavy atom. The number of ether oxygens (including phenoxy) is 2. The summed E-state index contributed by atoms with van der Waals surface area (Å²) in [5.74, 6) is 1.25. The lowest BCUT2D eigenvalue weighted by molar-refractivity contribution is 0.284. The Bertz CT molecular complexity index is 982. The van der Waals surface area contributed by atoms with E-state index in [1.165, 1.54) is 0 Å². The molecule has 0 atom stereocenters. The van der Waals surface area contributed by atoms with Crippen molar-refractivity contribution in [1.82, 2.24) is 0 Å². The molecule has 0 unspecified atom stereocenters. The number of halogens is 4. The van der Waals surface area contributed by atoms with Crippen molar-refractivity contribution in [3.05, 3.63) is 85.3 Å². The van der Waals surface area contributed by atoms with Crippen LogP contribution in [0.4, 0.5) is 5.69 Å². The molecule has 0 saturated heterocycles. The van der Waals surface area contributed by atoms with Gasteiger partial charge in [-0.1, -0.05) is 68.9 Å². The standard InChI is InChI=1S/C21H17BrCl3NO2/c1-27-20-8-14(11-26-19-9-15(23)6-7-18(19)25)16(22)10-21(20)28-12-13-4-2-3-5-17(13)24/h2-10,26H,11-12H2,1H3. The molecule has 146 valence electrons. The summed E-state index contributed by atoms with van der Waals surface area (Å²) in [6, 6.07) is 16.7. The fourth-order valence-corrected chi connectivity index (χ4v) is 3.59. The Balaban J connectivity index is 1.75. The van der Waals surface area contributed by atoms with Crippen LogP contribution in [0.3, 0.4) is 0 Å². The smallest absolute Gasteiger partial charge is 0.162 e. The number of hydrogen-bond donors (Lipinski definition) is 1. The first-order valence-corrected chi connectivity index (χ1v) is 10.3. The summed E-state index contributed by atoms with van der Waals surface area (Å²) in [5.41, 5.74) is 2.65. The molecular formula is C21H17BrCl3NO2. The molecule has 0 fully saturated rings. The minimum atomic E-state index is 0.345. The van der Waals surface area contributed by atoms with Crippen LogP contribution in [0.5, 0.6) is 11.5 Å². The van der Waals surface area contributed by atoms with Crippen LogP contribution in [-0.4, -0.2) is 7.11 Å². The molecule has 0 spiro atoms. The monoisotopic (exact) mass is 499 g/mol. The second-order valence-corrected chi connectivity index (χ2v) is 8.06. The van der Waals surface area contributed by atoms with Gasteiger partial charge in [0, 0.05) is 26.6 Å². The Morgan fingerprint density at radius 2 is 1.68 bits per heavy atom. The van der Waals surface area contributed by atoms with Gasteiger partial charge in [0.05, 0.1) is 17.8 Å². The molecule has 0 aliphatic heterocycles. The van der Waals surface area contributed by atoms with E-state index in [2.05, 4.69) is 21.2 Å². The molecule has 0 aliphatic rings. The van der Waals surface area contributed by atoms with Crippen LogP contribution in [0.2, 0.25) is 15.1 Å². The molecule has 3 rings (SSSR count). The summed E-state index contributed by atoms with van der Waals surface area (Å²) >= 11 is 22.0. The van der Waals surface area contributed by atoms with Gasteiger partial charge < -0.3 is 14.8 Å². The van der Waals surface area contributed by atoms with Crippen molar-refractivity contribution < 1.29 is 9.47 Å². The largest absolute Gasteiger partial charge is 0.493 e. The van der Waals surface area contributed by atoms with Crippen molar-refractivity contribution >= 4 is 56.4 Å². The molecule has 0 heterocycles. The molecule has 0 amide bonds. The Hall–Kier alpha value is -1.59. The van der Waals surface area contributed by atoms with Crippen LogP contribution in [0.25, 0.3) is 0 Å². The molecule has 3 nitrogen and oxygen atoms in total. The zero-order valence-electron chi connectivity index (χ0n) is 14.9. The van der Waals surface area contributed by atoms with Crippen molar-refractivity contribution in [1.29, 1.82) is 0 Å². The normalized spacial score (nSPS) is 10.6. The third-order valence-electron chi connectivity index (χ3n) is 4.07. The Labute approximate surface area is 187 Å². The molecule has 0 radical (unpaired) electrons. The summed E-state index contributed by atoms with van der Waals surface area (Å²) < 4.78 is 12.3. The lowest BCUT2D eigenvalue weighted by Crippen LogP contribution is -2.03. The van der Waals surface area contributed by atoms with E-state index in [1.54, 1.807) is 25.3 Å². The van der Waals surface area contributed by atoms with E-state index in [4.69, 9.17) is 44.3 Å². The third kappa shape index (κ3) is 5.26. The predicted octanol–water partition coefficient (Wildman–Crippen LogP) is 7.61. The quantitative estimate of drug-likeness (QED) is 0.361. The van der Waals surface area contributed by atoms with Crippen LogP contribution < -0.4 is 14.8 Å². The van der Waals surface area contributed by atoms with Crippen LogP contribution >= 0.6 is 50.7 Å². The van der Waals surface area contributed by atoms with Crippen molar-refractivity contribution in [3.63, 3.8) is 0 Å². The summed E-state index contributed by atoms with van der Waals surface area (Å²) in [7, 11) is 1.61. The minimum absolute atomic E-state index is 0.345. The lowest BCUT2D eigenvalue weighted by Gasteiger charge is -2.15. The van der Waals surface area contributed by atoms with Crippen molar-refractivity contribution in [2.75, 3.05) is 12.4 Å². The van der Waals surface area contributed by atoms with Crippen molar-refractivity contribution in [2.24, 2.45) is 0 Å². The number of benzene rings is 3. The maximum atomic E-state index is 6.21. The van der Waals surface area contributed by atoms with E-state index >= 15 is 0 Å². The molecular weight excluding hydrogens is 484 g/mol. The lowest BCUT2D eigenvalue weighted by atomic mass is 10.2. The average molecular weight is 502 g/mol. The number of rotatable bonds is 7. The molecule has 0 aliphatic carbocycles. The second-order valence-electron chi connectivity index (χ2n) is 5.95. The van der Waals surface area contributed by atoms with Crippen molar-refractivity contribution in [2.45, 2.75) is 13.2 Å². The molecule has 3 aromatic rings. The van der Waals surface area contributed by atoms with Gasteiger partial charge in [-0.15, -0.1) is 0 Å². The third-order valence-corrected chi connectivity index (χ3v) is 5.74. The van der Waals surface area contributed by atoms with Gasteiger partial charge in [0.15, 0.2) is 11.5 Å². The molecule has 0 saturated carbocycles. The van der Waals surface area contributed by atoms with Gasteiger partial charge in [-0.05, 0) is 42.0 Å². The summed E-state index contributed by atoms with van der Waals surface area (Å²) in [6.45, 7) is 0.875. The van der Waals surface area contributed by atoms with E-state index in [0.717, 1.165) is 21.3 Å². The Morgan fingerprint density at radius 3 is 2.43 bits per heavy atom. The zero-order chi connectivity index (χ0) is 20.1. The highest BCUT2D eigenvalue weighted by molar-refractivity contribution is 9.10. The number of anilines is 1. The van der Waals surface area contributed by atoms with Crippen molar-refractivity contribution in [3.8, 4) is 11.5 Å². The zero-order valence-corrected chi connectivity index (χ0v) is 18.8. The SMILES string of the molecule is COc1cc(CNc2cc(Cl)ccc2Cl)c(Br)cc1OCc1ccccc1Cl. The maximum Gasteiger partial charge on any atom is 0.162 e. The molecule has 0 aromatic heterocycles. The van der Waals surface area contributed by atoms with E-state index < -0.39 is 0 Å². The number of nitrogens with one attached hydrogen (secondary N) is 1. The molecule has 1 N–H and O–H groups in total. The Kier molecular flexibility index (Phi) is 7.36. The van der Waals surface area contributed by atoms with E-state index in [-0.39, 0.29) is 0 Å². The fraction of sp³-hybridized carbons (Fsp3) is 0.143. The van der Waals surface area contributed by atoms with Gasteiger partial charge >= 0.3 is 0 Å². The summed E-state index contributed by atoms with van der Waals surface area (Å²) in [5, 5.41) is 5.17. The second kappa shape index (κ2) is 9.75. The van der Waals surface area contributed by atoms with Crippen LogP contribution in [0, 0.1) is 0 Å². The number of methoxy groups -OCH3 is 1. The maximum absolute atomic E-state index is 6.21. The molecule has 0 bridgehead atoms. The van der Waals surface area contributed by atoms with E-state index in [9.17, 15) is 0 Å². The van der Waals surface area contributed by atoms with Gasteiger partial charge in [0.25, 0.3) is 0 Å². The first kappa shape index (κ1) is 21.1. The first-order valence-electron chi connectivity index (χ1n) is 8.39. The van der Waals surface area contributed by atoms with Gasteiger partial charge in [0.1, 0.15) is 6.61 Å². The van der Waals surface area contributed by atoms with Gasteiger partial charge in [-0.2, -0.15) is 0 Å². The van der Waals surface area contributed by atoms with Gasteiger partial charge in [-0.25, -0.2) is 0 Å². The highest BCUT2D eigenvalue weighted by Crippen LogP contribution is 2.35. The average Bonchev–Trinajstić information content (AvgIpc) is 2.69. The topological polar surface area (TPSA) is 30.5 Å². The highest BCUT2D eigenvalue weighted by Gasteiger charge is 2.12. The molecule has 7 heteroatoms. The van der Waals surface area contributed by atoms with E-state index in [0.29, 0.717) is 39.7 Å². The fourth-order valence-electron chi connectivity index (χ4n) is 2.58. The first-order chi connectivity index (χ1) is 13.5. The minimum Gasteiger partial charge on any atom is -0.493 e. The molecule has 28 heavy (non-hydrogen) atoms. The van der Waals surface area contributed by atoms with Crippen LogP contribution in [0.1, 0.15) is 11.1 Å². The predicted molar refractivity (Wildman–Crippen MR) is 120 cm³/mol. The van der Waals surface area contributed by atoms with Crippen LogP contribution in [-0.2, 0) is 13.2 Å². The van der Waals surface area contributed by atoms with Crippen LogP contribution in [0.15, 0.2) is 59.1 Å².